The summed E-state index contributed by atoms with van der Waals surface area (Å²) < 4.78 is 37.0. The first-order valence-electron chi connectivity index (χ1n) is 9.51. The fourth-order valence-corrected chi connectivity index (χ4v) is 3.93. The third-order valence-electron chi connectivity index (χ3n) is 4.93. The number of β-amino-alcohol motifs (C(OH)–C–C–N with tert-alkyl or cyclic N) is 1. The monoisotopic (exact) mass is 455 g/mol. The van der Waals surface area contributed by atoms with Crippen LogP contribution in [0.1, 0.15) is 34.8 Å². The van der Waals surface area contributed by atoms with Gasteiger partial charge in [-0.3, -0.25) is 10.1 Å². The quantitative estimate of drug-likeness (QED) is 0.430. The highest BCUT2D eigenvalue weighted by atomic mass is 32.1. The van der Waals surface area contributed by atoms with Gasteiger partial charge in [0.05, 0.1) is 6.10 Å². The van der Waals surface area contributed by atoms with Crippen LogP contribution in [0.15, 0.2) is 12.1 Å². The number of anilines is 1. The Balaban J connectivity index is 1.67. The first-order chi connectivity index (χ1) is 14.7. The number of halogens is 2. The summed E-state index contributed by atoms with van der Waals surface area (Å²) in [7, 11) is 0. The molecule has 1 aliphatic heterocycles. The third-order valence-corrected chi connectivity index (χ3v) is 5.68. The van der Waals surface area contributed by atoms with E-state index in [0.29, 0.717) is 13.0 Å². The maximum atomic E-state index is 14.0. The van der Waals surface area contributed by atoms with Crippen molar-refractivity contribution >= 4 is 28.5 Å². The van der Waals surface area contributed by atoms with Gasteiger partial charge in [-0.25, -0.2) is 13.6 Å². The molecular weight excluding hydrogens is 432 g/mol. The number of hydrogen-bond donors (Lipinski definition) is 5. The topological polar surface area (TPSA) is 139 Å². The Hall–Kier alpha value is -2.83. The molecule has 0 spiro atoms. The molecule has 0 aliphatic carbocycles. The van der Waals surface area contributed by atoms with Gasteiger partial charge in [0, 0.05) is 24.2 Å². The van der Waals surface area contributed by atoms with Crippen LogP contribution >= 0.6 is 11.5 Å². The van der Waals surface area contributed by atoms with Crippen molar-refractivity contribution in [2.45, 2.75) is 45.1 Å². The van der Waals surface area contributed by atoms with Crippen molar-refractivity contribution in [3.63, 3.8) is 0 Å². The third kappa shape index (κ3) is 5.46. The minimum atomic E-state index is -0.900. The average molecular weight is 455 g/mol. The molecule has 0 bridgehead atoms. The van der Waals surface area contributed by atoms with Gasteiger partial charge in [0.25, 0.3) is 5.91 Å². The zero-order valence-corrected chi connectivity index (χ0v) is 17.7. The Bertz CT molecular complexity index is 986. The second kappa shape index (κ2) is 9.54. The minimum absolute atomic E-state index is 0.0566. The van der Waals surface area contributed by atoms with Crippen LogP contribution in [0, 0.1) is 18.6 Å². The van der Waals surface area contributed by atoms with E-state index < -0.39 is 29.7 Å². The zero-order valence-electron chi connectivity index (χ0n) is 16.9. The number of rotatable bonds is 7. The van der Waals surface area contributed by atoms with E-state index in [9.17, 15) is 23.5 Å². The van der Waals surface area contributed by atoms with E-state index in [0.717, 1.165) is 23.7 Å². The van der Waals surface area contributed by atoms with Gasteiger partial charge in [-0.05, 0) is 49.5 Å². The SMILES string of the molecule is Cc1cc(F)c(COc2nsc(NC(=O)NC(C)C3CC(O)CN3)c2C(N)=O)cc1F. The van der Waals surface area contributed by atoms with E-state index in [1.807, 2.05) is 0 Å². The molecule has 0 saturated carbocycles. The number of aliphatic hydroxyl groups is 1. The predicted molar refractivity (Wildman–Crippen MR) is 110 cm³/mol. The smallest absolute Gasteiger partial charge is 0.320 e. The summed E-state index contributed by atoms with van der Waals surface area (Å²) >= 11 is 0.766. The van der Waals surface area contributed by atoms with Crippen molar-refractivity contribution in [2.24, 2.45) is 5.73 Å². The predicted octanol–water partition coefficient (Wildman–Crippen LogP) is 1.64. The van der Waals surface area contributed by atoms with Crippen LogP contribution in [-0.2, 0) is 6.61 Å². The van der Waals surface area contributed by atoms with Gasteiger partial charge in [0.15, 0.2) is 0 Å². The molecule has 1 saturated heterocycles. The molecular formula is C19H23F2N5O4S. The summed E-state index contributed by atoms with van der Waals surface area (Å²) in [4.78, 5) is 24.2. The lowest BCUT2D eigenvalue weighted by Gasteiger charge is -2.20. The molecule has 3 amide bonds. The van der Waals surface area contributed by atoms with Crippen LogP contribution < -0.4 is 26.4 Å². The standard InChI is InChI=1S/C19H23F2N5O4S/c1-8-3-13(21)10(4-12(8)20)7-30-17-15(16(22)28)18(31-26-17)25-19(29)24-9(2)14-5-11(27)6-23-14/h3-4,9,11,14,23,27H,5-7H2,1-2H3,(H2,22,28)(H2,24,25,29). The number of primary amides is 1. The summed E-state index contributed by atoms with van der Waals surface area (Å²) in [6, 6.07) is 1.06. The minimum Gasteiger partial charge on any atom is -0.471 e. The van der Waals surface area contributed by atoms with E-state index in [4.69, 9.17) is 10.5 Å². The summed E-state index contributed by atoms with van der Waals surface area (Å²) in [5.41, 5.74) is 5.33. The van der Waals surface area contributed by atoms with Crippen molar-refractivity contribution < 1.29 is 28.2 Å². The summed E-state index contributed by atoms with van der Waals surface area (Å²) in [6.45, 7) is 3.28. The Kier molecular flexibility index (Phi) is 7.03. The van der Waals surface area contributed by atoms with E-state index in [-0.39, 0.29) is 46.3 Å². The number of carbonyl (C=O) groups is 2. The first kappa shape index (κ1) is 22.8. The molecule has 1 aromatic carbocycles. The number of aryl methyl sites for hydroxylation is 1. The van der Waals surface area contributed by atoms with Crippen LogP contribution in [-0.4, -0.2) is 46.2 Å². The van der Waals surface area contributed by atoms with Gasteiger partial charge in [-0.15, -0.1) is 0 Å². The second-order valence-corrected chi connectivity index (χ2v) is 8.10. The normalized spacial score (nSPS) is 19.1. The molecule has 1 aliphatic rings. The molecule has 3 unspecified atom stereocenters. The van der Waals surface area contributed by atoms with Gasteiger partial charge in [0.2, 0.25) is 5.88 Å². The lowest BCUT2D eigenvalue weighted by atomic mass is 10.1. The lowest BCUT2D eigenvalue weighted by Crippen LogP contribution is -2.47. The zero-order chi connectivity index (χ0) is 22.7. The Morgan fingerprint density at radius 1 is 1.42 bits per heavy atom. The van der Waals surface area contributed by atoms with E-state index in [1.165, 1.54) is 6.92 Å². The molecule has 9 nitrogen and oxygen atoms in total. The summed E-state index contributed by atoms with van der Waals surface area (Å²) in [5, 5.41) is 18.0. The number of carbonyl (C=O) groups excluding carboxylic acids is 2. The molecule has 31 heavy (non-hydrogen) atoms. The summed E-state index contributed by atoms with van der Waals surface area (Å²) in [5.74, 6) is -2.34. The van der Waals surface area contributed by atoms with Crippen molar-refractivity contribution in [3.05, 3.63) is 40.5 Å². The second-order valence-electron chi connectivity index (χ2n) is 7.33. The number of nitrogens with two attached hydrogens (primary N) is 1. The molecule has 1 aromatic heterocycles. The van der Waals surface area contributed by atoms with Gasteiger partial charge in [-0.2, -0.15) is 4.37 Å². The van der Waals surface area contributed by atoms with Crippen LogP contribution in [0.3, 0.4) is 0 Å². The lowest BCUT2D eigenvalue weighted by molar-refractivity contribution is 0.0996. The molecule has 2 heterocycles. The molecule has 3 rings (SSSR count). The van der Waals surface area contributed by atoms with Crippen LogP contribution in [0.25, 0.3) is 0 Å². The summed E-state index contributed by atoms with van der Waals surface area (Å²) in [6.07, 6.45) is 0.0368. The number of nitrogens with zero attached hydrogens (tertiary/aromatic N) is 1. The van der Waals surface area contributed by atoms with Crippen LogP contribution in [0.2, 0.25) is 0 Å². The first-order valence-corrected chi connectivity index (χ1v) is 10.3. The number of ether oxygens (including phenoxy) is 1. The number of amides is 3. The number of urea groups is 1. The van der Waals surface area contributed by atoms with Crippen molar-refractivity contribution in [3.8, 4) is 5.88 Å². The van der Waals surface area contributed by atoms with Crippen molar-refractivity contribution in [2.75, 3.05) is 11.9 Å². The molecule has 12 heteroatoms. The van der Waals surface area contributed by atoms with Gasteiger partial charge in [-0.1, -0.05) is 0 Å². The fourth-order valence-electron chi connectivity index (χ4n) is 3.20. The molecule has 1 fully saturated rings. The average Bonchev–Trinajstić information content (AvgIpc) is 3.29. The van der Waals surface area contributed by atoms with E-state index >= 15 is 0 Å². The van der Waals surface area contributed by atoms with Crippen LogP contribution in [0.5, 0.6) is 5.88 Å². The number of hydrogen-bond acceptors (Lipinski definition) is 7. The number of nitrogens with one attached hydrogen (secondary N) is 3. The molecule has 168 valence electrons. The molecule has 2 aromatic rings. The highest BCUT2D eigenvalue weighted by Gasteiger charge is 2.28. The van der Waals surface area contributed by atoms with Gasteiger partial charge in [0.1, 0.15) is 28.8 Å². The molecule has 6 N–H and O–H groups in total. The number of aromatic nitrogens is 1. The largest absolute Gasteiger partial charge is 0.471 e. The number of aliphatic hydroxyl groups excluding tert-OH is 1. The Morgan fingerprint density at radius 3 is 2.81 bits per heavy atom. The maximum absolute atomic E-state index is 14.0. The van der Waals surface area contributed by atoms with Gasteiger partial charge >= 0.3 is 6.03 Å². The Morgan fingerprint density at radius 2 is 2.16 bits per heavy atom. The van der Waals surface area contributed by atoms with Crippen LogP contribution in [0.4, 0.5) is 18.6 Å². The molecule has 0 radical (unpaired) electrons. The fraction of sp³-hybridized carbons (Fsp3) is 0.421. The van der Waals surface area contributed by atoms with Gasteiger partial charge < -0.3 is 26.2 Å². The van der Waals surface area contributed by atoms with E-state index in [2.05, 4.69) is 20.3 Å². The number of benzene rings is 1. The maximum Gasteiger partial charge on any atom is 0.320 e. The van der Waals surface area contributed by atoms with Crippen molar-refractivity contribution in [1.29, 1.82) is 0 Å². The highest BCUT2D eigenvalue weighted by Crippen LogP contribution is 2.31. The van der Waals surface area contributed by atoms with E-state index in [1.54, 1.807) is 6.92 Å². The molecule has 3 atom stereocenters. The highest BCUT2D eigenvalue weighted by molar-refractivity contribution is 7.11. The Labute approximate surface area is 181 Å². The van der Waals surface area contributed by atoms with Crippen molar-refractivity contribution in [1.82, 2.24) is 15.0 Å².